The molecular weight excluding hydrogens is 258 g/mol. The monoisotopic (exact) mass is 285 g/mol. The van der Waals surface area contributed by atoms with Gasteiger partial charge in [0.25, 0.3) is 0 Å². The molecule has 0 bridgehead atoms. The summed E-state index contributed by atoms with van der Waals surface area (Å²) in [4.78, 5) is 2.00. The van der Waals surface area contributed by atoms with Crippen LogP contribution in [0.25, 0.3) is 11.0 Å². The second kappa shape index (κ2) is 7.06. The van der Waals surface area contributed by atoms with Gasteiger partial charge < -0.3 is 0 Å². The molecule has 1 aromatic carbocycles. The summed E-state index contributed by atoms with van der Waals surface area (Å²) in [5, 5.41) is 9.37. The summed E-state index contributed by atoms with van der Waals surface area (Å²) >= 11 is 0. The van der Waals surface area contributed by atoms with Crippen LogP contribution in [0.2, 0.25) is 0 Å². The van der Waals surface area contributed by atoms with Crippen LogP contribution >= 0.6 is 0 Å². The summed E-state index contributed by atoms with van der Waals surface area (Å²) in [7, 11) is 0. The minimum atomic E-state index is 0.516. The van der Waals surface area contributed by atoms with Crippen LogP contribution in [0.5, 0.6) is 0 Å². The molecule has 2 aromatic rings. The summed E-state index contributed by atoms with van der Waals surface area (Å²) in [5.74, 6) is 0.884. The van der Waals surface area contributed by atoms with E-state index in [1.54, 1.807) is 0 Å². The first-order valence-electron chi connectivity index (χ1n) is 8.68. The maximum atomic E-state index is 4.69. The summed E-state index contributed by atoms with van der Waals surface area (Å²) in [6.07, 6.45) is 12.2. The van der Waals surface area contributed by atoms with Crippen LogP contribution in [0.3, 0.4) is 0 Å². The fraction of sp³-hybridized carbons (Fsp3) is 0.667. The SMILES string of the molecule is CCCCCCC1CCCC(n2nc3ccccc3n2)C1. The molecule has 1 aromatic heterocycles. The lowest BCUT2D eigenvalue weighted by Gasteiger charge is -2.28. The minimum absolute atomic E-state index is 0.516. The van der Waals surface area contributed by atoms with Crippen molar-refractivity contribution < 1.29 is 0 Å². The zero-order valence-electron chi connectivity index (χ0n) is 13.2. The Labute approximate surface area is 127 Å². The Hall–Kier alpha value is -1.38. The largest absolute Gasteiger partial charge is 0.181 e. The Bertz CT molecular complexity index is 527. The van der Waals surface area contributed by atoms with Gasteiger partial charge in [0.05, 0.1) is 6.04 Å². The van der Waals surface area contributed by atoms with E-state index in [2.05, 4.69) is 29.3 Å². The van der Waals surface area contributed by atoms with Gasteiger partial charge in [0.2, 0.25) is 0 Å². The second-order valence-corrected chi connectivity index (χ2v) is 6.54. The fourth-order valence-corrected chi connectivity index (χ4v) is 3.63. The van der Waals surface area contributed by atoms with E-state index in [9.17, 15) is 0 Å². The van der Waals surface area contributed by atoms with Gasteiger partial charge in [-0.05, 0) is 30.9 Å². The van der Waals surface area contributed by atoms with E-state index in [0.29, 0.717) is 6.04 Å². The lowest BCUT2D eigenvalue weighted by atomic mass is 9.83. The number of hydrogen-bond acceptors (Lipinski definition) is 2. The van der Waals surface area contributed by atoms with E-state index < -0.39 is 0 Å². The van der Waals surface area contributed by atoms with E-state index in [1.165, 1.54) is 57.8 Å². The van der Waals surface area contributed by atoms with Crippen molar-refractivity contribution in [1.82, 2.24) is 15.0 Å². The van der Waals surface area contributed by atoms with Gasteiger partial charge in [0.15, 0.2) is 0 Å². The number of rotatable bonds is 6. The first-order valence-corrected chi connectivity index (χ1v) is 8.68. The lowest BCUT2D eigenvalue weighted by molar-refractivity contribution is 0.224. The highest BCUT2D eigenvalue weighted by molar-refractivity contribution is 5.72. The third kappa shape index (κ3) is 3.63. The molecule has 1 fully saturated rings. The van der Waals surface area contributed by atoms with Crippen molar-refractivity contribution in [2.75, 3.05) is 0 Å². The van der Waals surface area contributed by atoms with Gasteiger partial charge in [0, 0.05) is 0 Å². The number of hydrogen-bond donors (Lipinski definition) is 0. The third-order valence-electron chi connectivity index (χ3n) is 4.85. The molecule has 2 unspecified atom stereocenters. The van der Waals surface area contributed by atoms with Crippen LogP contribution in [0.4, 0.5) is 0 Å². The van der Waals surface area contributed by atoms with E-state index >= 15 is 0 Å². The quantitative estimate of drug-likeness (QED) is 0.689. The second-order valence-electron chi connectivity index (χ2n) is 6.54. The predicted octanol–water partition coefficient (Wildman–Crippen LogP) is 5.13. The van der Waals surface area contributed by atoms with Crippen LogP contribution in [0, 0.1) is 5.92 Å². The molecule has 0 N–H and O–H groups in total. The van der Waals surface area contributed by atoms with Gasteiger partial charge in [-0.15, -0.1) is 0 Å². The normalized spacial score (nSPS) is 22.7. The minimum Gasteiger partial charge on any atom is -0.181 e. The van der Waals surface area contributed by atoms with Gasteiger partial charge in [-0.25, -0.2) is 0 Å². The van der Waals surface area contributed by atoms with Crippen molar-refractivity contribution in [2.24, 2.45) is 5.92 Å². The number of fused-ring (bicyclic) bond motifs is 1. The molecule has 0 saturated heterocycles. The zero-order valence-corrected chi connectivity index (χ0v) is 13.2. The first kappa shape index (κ1) is 14.6. The Morgan fingerprint density at radius 1 is 1.05 bits per heavy atom. The Kier molecular flexibility index (Phi) is 4.89. The Morgan fingerprint density at radius 3 is 2.52 bits per heavy atom. The highest BCUT2D eigenvalue weighted by atomic mass is 15.5. The smallest absolute Gasteiger partial charge is 0.113 e. The van der Waals surface area contributed by atoms with Crippen LogP contribution in [-0.4, -0.2) is 15.0 Å². The van der Waals surface area contributed by atoms with Crippen molar-refractivity contribution >= 4 is 11.0 Å². The topological polar surface area (TPSA) is 30.7 Å². The number of benzene rings is 1. The lowest BCUT2D eigenvalue weighted by Crippen LogP contribution is -2.21. The van der Waals surface area contributed by atoms with E-state index in [1.807, 2.05) is 16.9 Å². The molecule has 2 atom stereocenters. The molecule has 0 amide bonds. The van der Waals surface area contributed by atoms with Crippen LogP contribution in [0.15, 0.2) is 24.3 Å². The molecule has 3 heteroatoms. The molecule has 1 saturated carbocycles. The average molecular weight is 285 g/mol. The van der Waals surface area contributed by atoms with Crippen LogP contribution in [-0.2, 0) is 0 Å². The molecule has 0 aliphatic heterocycles. The number of nitrogens with zero attached hydrogens (tertiary/aromatic N) is 3. The molecule has 0 spiro atoms. The molecule has 0 radical (unpaired) electrons. The summed E-state index contributed by atoms with van der Waals surface area (Å²) in [6, 6.07) is 8.72. The predicted molar refractivity (Wildman–Crippen MR) is 87.3 cm³/mol. The van der Waals surface area contributed by atoms with E-state index in [0.717, 1.165) is 17.0 Å². The van der Waals surface area contributed by atoms with Gasteiger partial charge in [0.1, 0.15) is 11.0 Å². The molecule has 1 heterocycles. The summed E-state index contributed by atoms with van der Waals surface area (Å²) < 4.78 is 0. The number of unbranched alkanes of at least 4 members (excludes halogenated alkanes) is 3. The highest BCUT2D eigenvalue weighted by Crippen LogP contribution is 2.35. The van der Waals surface area contributed by atoms with Gasteiger partial charge >= 0.3 is 0 Å². The Balaban J connectivity index is 1.60. The van der Waals surface area contributed by atoms with Crippen molar-refractivity contribution in [3.63, 3.8) is 0 Å². The summed E-state index contributed by atoms with van der Waals surface area (Å²) in [5.41, 5.74) is 2.06. The first-order chi connectivity index (χ1) is 10.4. The van der Waals surface area contributed by atoms with Crippen molar-refractivity contribution in [2.45, 2.75) is 70.8 Å². The zero-order chi connectivity index (χ0) is 14.5. The van der Waals surface area contributed by atoms with Crippen LogP contribution in [0.1, 0.15) is 70.8 Å². The highest BCUT2D eigenvalue weighted by Gasteiger charge is 2.24. The molecule has 3 nitrogen and oxygen atoms in total. The van der Waals surface area contributed by atoms with Gasteiger partial charge in [-0.2, -0.15) is 15.0 Å². The molecule has 1 aliphatic carbocycles. The van der Waals surface area contributed by atoms with E-state index in [4.69, 9.17) is 0 Å². The summed E-state index contributed by atoms with van der Waals surface area (Å²) in [6.45, 7) is 2.28. The maximum Gasteiger partial charge on any atom is 0.113 e. The Morgan fingerprint density at radius 2 is 1.81 bits per heavy atom. The average Bonchev–Trinajstić information content (AvgIpc) is 2.96. The fourth-order valence-electron chi connectivity index (χ4n) is 3.63. The molecule has 114 valence electrons. The van der Waals surface area contributed by atoms with Crippen LogP contribution < -0.4 is 0 Å². The van der Waals surface area contributed by atoms with Crippen molar-refractivity contribution in [3.8, 4) is 0 Å². The molecule has 1 aliphatic rings. The van der Waals surface area contributed by atoms with Crippen molar-refractivity contribution in [3.05, 3.63) is 24.3 Å². The van der Waals surface area contributed by atoms with Gasteiger partial charge in [-0.1, -0.05) is 64.0 Å². The standard InChI is InChI=1S/C18H27N3/c1-2-3-4-5-9-15-10-8-11-16(14-15)21-19-17-12-6-7-13-18(17)20-21/h6-7,12-13,15-16H,2-5,8-11,14H2,1H3. The van der Waals surface area contributed by atoms with E-state index in [-0.39, 0.29) is 0 Å². The third-order valence-corrected chi connectivity index (χ3v) is 4.85. The molecule has 21 heavy (non-hydrogen) atoms. The molecular formula is C18H27N3. The maximum absolute atomic E-state index is 4.69. The molecule has 3 rings (SSSR count). The van der Waals surface area contributed by atoms with Crippen molar-refractivity contribution in [1.29, 1.82) is 0 Å². The number of aromatic nitrogens is 3. The van der Waals surface area contributed by atoms with Gasteiger partial charge in [-0.3, -0.25) is 0 Å².